The van der Waals surface area contributed by atoms with Crippen molar-refractivity contribution in [2.45, 2.75) is 0 Å². The minimum Gasteiger partial charge on any atom is -0.265 e. The quantitative estimate of drug-likeness (QED) is 0.447. The molecule has 0 fully saturated rings. The largest absolute Gasteiger partial charge is 0.265 e. The van der Waals surface area contributed by atoms with Gasteiger partial charge in [0.2, 0.25) is 0 Å². The molecule has 0 amide bonds. The van der Waals surface area contributed by atoms with Crippen molar-refractivity contribution in [1.29, 1.82) is 0 Å². The summed E-state index contributed by atoms with van der Waals surface area (Å²) in [7, 11) is 0. The van der Waals surface area contributed by atoms with E-state index in [-0.39, 0.29) is 0 Å². The van der Waals surface area contributed by atoms with E-state index in [1.807, 2.05) is 24.5 Å². The second-order valence-corrected chi connectivity index (χ2v) is 5.73. The summed E-state index contributed by atoms with van der Waals surface area (Å²) in [6.45, 7) is 0. The van der Waals surface area contributed by atoms with Crippen LogP contribution in [-0.2, 0) is 0 Å². The molecule has 0 atom stereocenters. The molecule has 1 heterocycles. The lowest BCUT2D eigenvalue weighted by Gasteiger charge is -2.11. The average molecular weight is 307 g/mol. The van der Waals surface area contributed by atoms with Gasteiger partial charge in [0, 0.05) is 12.4 Å². The maximum absolute atomic E-state index is 4.11. The molecular weight excluding hydrogens is 290 g/mol. The highest BCUT2D eigenvalue weighted by Crippen LogP contribution is 2.33. The lowest BCUT2D eigenvalue weighted by Crippen LogP contribution is -1.86. The summed E-state index contributed by atoms with van der Waals surface area (Å²) in [4.78, 5) is 4.11. The Kier molecular flexibility index (Phi) is 3.91. The van der Waals surface area contributed by atoms with Gasteiger partial charge in [0.15, 0.2) is 0 Å². The molecule has 4 rings (SSSR count). The van der Waals surface area contributed by atoms with Crippen LogP contribution < -0.4 is 0 Å². The van der Waals surface area contributed by atoms with Gasteiger partial charge in [-0.05, 0) is 51.6 Å². The Morgan fingerprint density at radius 1 is 0.417 bits per heavy atom. The Morgan fingerprint density at radius 2 is 1.00 bits per heavy atom. The summed E-state index contributed by atoms with van der Waals surface area (Å²) >= 11 is 0. The molecule has 0 N–H and O–H groups in total. The molecule has 0 radical (unpaired) electrons. The second kappa shape index (κ2) is 6.51. The molecule has 3 aromatic carbocycles. The van der Waals surface area contributed by atoms with Crippen LogP contribution in [0.4, 0.5) is 0 Å². The third kappa shape index (κ3) is 2.84. The normalized spacial score (nSPS) is 10.5. The fourth-order valence-electron chi connectivity index (χ4n) is 3.01. The van der Waals surface area contributed by atoms with E-state index in [4.69, 9.17) is 0 Å². The number of nitrogens with zero attached hydrogens (tertiary/aromatic N) is 1. The van der Waals surface area contributed by atoms with Crippen molar-refractivity contribution in [3.8, 4) is 33.4 Å². The van der Waals surface area contributed by atoms with Crippen LogP contribution in [0.5, 0.6) is 0 Å². The van der Waals surface area contributed by atoms with E-state index in [1.165, 1.54) is 33.4 Å². The van der Waals surface area contributed by atoms with Gasteiger partial charge in [0.1, 0.15) is 0 Å². The van der Waals surface area contributed by atoms with Crippen molar-refractivity contribution in [3.63, 3.8) is 0 Å². The fourth-order valence-corrected chi connectivity index (χ4v) is 3.01. The van der Waals surface area contributed by atoms with Gasteiger partial charge in [-0.1, -0.05) is 72.8 Å². The highest BCUT2D eigenvalue weighted by molar-refractivity contribution is 5.85. The topological polar surface area (TPSA) is 12.9 Å². The van der Waals surface area contributed by atoms with Gasteiger partial charge < -0.3 is 0 Å². The summed E-state index contributed by atoms with van der Waals surface area (Å²) in [5, 5.41) is 0. The van der Waals surface area contributed by atoms with Crippen LogP contribution in [0.25, 0.3) is 33.4 Å². The van der Waals surface area contributed by atoms with Gasteiger partial charge >= 0.3 is 0 Å². The highest BCUT2D eigenvalue weighted by atomic mass is 14.6. The number of rotatable bonds is 3. The standard InChI is InChI=1S/C23H17N/c1-2-7-19(8-3-1)22-11-4-5-12-23(22)21-10-6-9-20(17-21)18-13-15-24-16-14-18/h1-17H. The smallest absolute Gasteiger partial charge is 0.0273 e. The van der Waals surface area contributed by atoms with E-state index in [1.54, 1.807) is 0 Å². The Hall–Kier alpha value is -3.19. The SMILES string of the molecule is c1ccc(-c2ccccc2-c2cccc(-c3ccncc3)c2)cc1. The van der Waals surface area contributed by atoms with Gasteiger partial charge in [0.05, 0.1) is 0 Å². The molecule has 1 aromatic heterocycles. The summed E-state index contributed by atoms with van der Waals surface area (Å²) < 4.78 is 0. The number of pyridine rings is 1. The summed E-state index contributed by atoms with van der Waals surface area (Å²) in [6.07, 6.45) is 3.67. The zero-order valence-electron chi connectivity index (χ0n) is 13.3. The highest BCUT2D eigenvalue weighted by Gasteiger charge is 2.07. The van der Waals surface area contributed by atoms with Gasteiger partial charge in [-0.3, -0.25) is 4.98 Å². The van der Waals surface area contributed by atoms with E-state index >= 15 is 0 Å². The molecular formula is C23H17N. The van der Waals surface area contributed by atoms with Crippen LogP contribution in [0.1, 0.15) is 0 Å². The van der Waals surface area contributed by atoms with Crippen LogP contribution in [0.15, 0.2) is 103 Å². The minimum atomic E-state index is 1.18. The molecule has 0 spiro atoms. The molecule has 0 saturated heterocycles. The van der Waals surface area contributed by atoms with Crippen molar-refractivity contribution < 1.29 is 0 Å². The Bertz CT molecular complexity index is 944. The zero-order valence-corrected chi connectivity index (χ0v) is 13.3. The van der Waals surface area contributed by atoms with Crippen LogP contribution >= 0.6 is 0 Å². The molecule has 0 aliphatic rings. The summed E-state index contributed by atoms with van der Waals surface area (Å²) in [6, 6.07) is 31.9. The number of hydrogen-bond acceptors (Lipinski definition) is 1. The Morgan fingerprint density at radius 3 is 1.75 bits per heavy atom. The van der Waals surface area contributed by atoms with Gasteiger partial charge in [0.25, 0.3) is 0 Å². The Balaban J connectivity index is 1.84. The average Bonchev–Trinajstić information content (AvgIpc) is 2.69. The van der Waals surface area contributed by atoms with Gasteiger partial charge in [-0.15, -0.1) is 0 Å². The lowest BCUT2D eigenvalue weighted by atomic mass is 9.93. The molecule has 114 valence electrons. The molecule has 1 nitrogen and oxygen atoms in total. The van der Waals surface area contributed by atoms with E-state index in [0.29, 0.717) is 0 Å². The van der Waals surface area contributed by atoms with Crippen LogP contribution in [0.3, 0.4) is 0 Å². The zero-order chi connectivity index (χ0) is 16.2. The molecule has 0 aliphatic heterocycles. The van der Waals surface area contributed by atoms with Crippen LogP contribution in [0.2, 0.25) is 0 Å². The molecule has 0 saturated carbocycles. The van der Waals surface area contributed by atoms with Crippen molar-refractivity contribution in [1.82, 2.24) is 4.98 Å². The third-order valence-electron chi connectivity index (χ3n) is 4.20. The fraction of sp³-hybridized carbons (Fsp3) is 0. The number of benzene rings is 3. The van der Waals surface area contributed by atoms with Gasteiger partial charge in [-0.2, -0.15) is 0 Å². The van der Waals surface area contributed by atoms with E-state index < -0.39 is 0 Å². The van der Waals surface area contributed by atoms with Crippen LogP contribution in [-0.4, -0.2) is 4.98 Å². The van der Waals surface area contributed by atoms with E-state index in [0.717, 1.165) is 0 Å². The number of hydrogen-bond donors (Lipinski definition) is 0. The lowest BCUT2D eigenvalue weighted by molar-refractivity contribution is 1.33. The number of aromatic nitrogens is 1. The first-order chi connectivity index (χ1) is 11.9. The maximum atomic E-state index is 4.11. The van der Waals surface area contributed by atoms with Crippen LogP contribution in [0, 0.1) is 0 Å². The van der Waals surface area contributed by atoms with E-state index in [2.05, 4.69) is 83.8 Å². The maximum Gasteiger partial charge on any atom is 0.0273 e. The van der Waals surface area contributed by atoms with Crippen molar-refractivity contribution in [2.24, 2.45) is 0 Å². The van der Waals surface area contributed by atoms with Crippen molar-refractivity contribution >= 4 is 0 Å². The summed E-state index contributed by atoms with van der Waals surface area (Å²) in [5.41, 5.74) is 7.36. The first kappa shape index (κ1) is 14.4. The summed E-state index contributed by atoms with van der Waals surface area (Å²) in [5.74, 6) is 0. The molecule has 0 unspecified atom stereocenters. The molecule has 4 aromatic rings. The Labute approximate surface area is 142 Å². The monoisotopic (exact) mass is 307 g/mol. The predicted molar refractivity (Wildman–Crippen MR) is 101 cm³/mol. The first-order valence-corrected chi connectivity index (χ1v) is 8.07. The molecule has 24 heavy (non-hydrogen) atoms. The van der Waals surface area contributed by atoms with E-state index in [9.17, 15) is 0 Å². The minimum absolute atomic E-state index is 1.18. The van der Waals surface area contributed by atoms with Crippen molar-refractivity contribution in [2.75, 3.05) is 0 Å². The molecule has 1 heteroatoms. The predicted octanol–water partition coefficient (Wildman–Crippen LogP) is 6.08. The molecule has 0 bridgehead atoms. The van der Waals surface area contributed by atoms with Crippen molar-refractivity contribution in [3.05, 3.63) is 103 Å². The van der Waals surface area contributed by atoms with Gasteiger partial charge in [-0.25, -0.2) is 0 Å². The first-order valence-electron chi connectivity index (χ1n) is 8.07. The third-order valence-corrected chi connectivity index (χ3v) is 4.20. The second-order valence-electron chi connectivity index (χ2n) is 5.73. The molecule has 0 aliphatic carbocycles.